The molecule has 1 heterocycles. The van der Waals surface area contributed by atoms with Crippen LogP contribution < -0.4 is 0 Å². The number of hydrogen-bond donors (Lipinski definition) is 1. The number of halogens is 1. The van der Waals surface area contributed by atoms with E-state index in [9.17, 15) is 4.79 Å². The second-order valence-corrected chi connectivity index (χ2v) is 4.43. The fourth-order valence-corrected chi connectivity index (χ4v) is 2.27. The molecule has 88 valence electrons. The van der Waals surface area contributed by atoms with Gasteiger partial charge in [-0.25, -0.2) is 0 Å². The molecule has 0 spiro atoms. The monoisotopic (exact) mass is 255 g/mol. The summed E-state index contributed by atoms with van der Waals surface area (Å²) in [6.07, 6.45) is 0. The first-order valence-electron chi connectivity index (χ1n) is 5.63. The lowest BCUT2D eigenvalue weighted by molar-refractivity contribution is 0.108. The number of H-pyrrole nitrogens is 1. The van der Waals surface area contributed by atoms with E-state index in [1.54, 1.807) is 6.07 Å². The van der Waals surface area contributed by atoms with Gasteiger partial charge in [-0.3, -0.25) is 4.79 Å². The molecular formula is C15H10ClNO. The summed E-state index contributed by atoms with van der Waals surface area (Å²) < 4.78 is 0. The molecule has 3 heteroatoms. The average molecular weight is 256 g/mol. The molecule has 0 radical (unpaired) electrons. The second-order valence-electron chi connectivity index (χ2n) is 4.09. The molecule has 18 heavy (non-hydrogen) atoms. The second kappa shape index (κ2) is 4.31. The average Bonchev–Trinajstić information content (AvgIpc) is 2.82. The van der Waals surface area contributed by atoms with Gasteiger partial charge < -0.3 is 4.98 Å². The van der Waals surface area contributed by atoms with Crippen LogP contribution in [0.4, 0.5) is 0 Å². The SMILES string of the molecule is O=C(Cl)c1ccccc1-c1cc2ccccc2[nH]1. The Balaban J connectivity index is 2.23. The van der Waals surface area contributed by atoms with Crippen LogP contribution in [0.2, 0.25) is 0 Å². The third-order valence-corrected chi connectivity index (χ3v) is 3.16. The zero-order valence-corrected chi connectivity index (χ0v) is 10.2. The van der Waals surface area contributed by atoms with Crippen LogP contribution in [0.25, 0.3) is 22.2 Å². The highest BCUT2D eigenvalue weighted by Gasteiger charge is 2.11. The van der Waals surface area contributed by atoms with Crippen LogP contribution in [0, 0.1) is 0 Å². The Hall–Kier alpha value is -2.06. The zero-order valence-electron chi connectivity index (χ0n) is 9.48. The first kappa shape index (κ1) is 11.1. The minimum Gasteiger partial charge on any atom is -0.355 e. The van der Waals surface area contributed by atoms with Gasteiger partial charge in [0.15, 0.2) is 0 Å². The van der Waals surface area contributed by atoms with E-state index in [-0.39, 0.29) is 0 Å². The molecule has 0 amide bonds. The van der Waals surface area contributed by atoms with Crippen LogP contribution in [-0.2, 0) is 0 Å². The molecule has 2 nitrogen and oxygen atoms in total. The molecule has 0 unspecified atom stereocenters. The maximum atomic E-state index is 11.4. The van der Waals surface area contributed by atoms with Crippen LogP contribution in [-0.4, -0.2) is 10.2 Å². The van der Waals surface area contributed by atoms with Crippen molar-refractivity contribution in [2.45, 2.75) is 0 Å². The Labute approximate surface area is 109 Å². The van der Waals surface area contributed by atoms with Crippen molar-refractivity contribution in [3.63, 3.8) is 0 Å². The number of aromatic amines is 1. The Bertz CT molecular complexity index is 697. The van der Waals surface area contributed by atoms with Crippen molar-refractivity contribution in [3.05, 3.63) is 60.2 Å². The molecular weight excluding hydrogens is 246 g/mol. The van der Waals surface area contributed by atoms with Gasteiger partial charge in [0.1, 0.15) is 0 Å². The minimum atomic E-state index is -0.441. The molecule has 0 atom stereocenters. The third kappa shape index (κ3) is 1.81. The molecule has 1 N–H and O–H groups in total. The topological polar surface area (TPSA) is 32.9 Å². The van der Waals surface area contributed by atoms with Crippen LogP contribution in [0.15, 0.2) is 54.6 Å². The van der Waals surface area contributed by atoms with E-state index in [0.717, 1.165) is 22.2 Å². The fraction of sp³-hybridized carbons (Fsp3) is 0. The molecule has 0 aliphatic heterocycles. The lowest BCUT2D eigenvalue weighted by Crippen LogP contribution is -1.92. The summed E-state index contributed by atoms with van der Waals surface area (Å²) in [5.74, 6) is 0. The van der Waals surface area contributed by atoms with Crippen LogP contribution in [0.3, 0.4) is 0 Å². The van der Waals surface area contributed by atoms with Crippen molar-refractivity contribution in [1.29, 1.82) is 0 Å². The van der Waals surface area contributed by atoms with Gasteiger partial charge in [0.05, 0.1) is 0 Å². The highest BCUT2D eigenvalue weighted by molar-refractivity contribution is 6.68. The predicted octanol–water partition coefficient (Wildman–Crippen LogP) is 4.21. The maximum Gasteiger partial charge on any atom is 0.253 e. The number of benzene rings is 2. The maximum absolute atomic E-state index is 11.4. The van der Waals surface area contributed by atoms with Gasteiger partial charge in [0.2, 0.25) is 0 Å². The Morgan fingerprint density at radius 2 is 1.72 bits per heavy atom. The number of carbonyl (C=O) groups is 1. The summed E-state index contributed by atoms with van der Waals surface area (Å²) in [7, 11) is 0. The first-order chi connectivity index (χ1) is 8.75. The molecule has 3 rings (SSSR count). The highest BCUT2D eigenvalue weighted by Crippen LogP contribution is 2.27. The number of fused-ring (bicyclic) bond motifs is 1. The smallest absolute Gasteiger partial charge is 0.253 e. The quantitative estimate of drug-likeness (QED) is 0.684. The zero-order chi connectivity index (χ0) is 12.5. The summed E-state index contributed by atoms with van der Waals surface area (Å²) >= 11 is 5.60. The van der Waals surface area contributed by atoms with Crippen molar-refractivity contribution in [3.8, 4) is 11.3 Å². The molecule has 0 aliphatic carbocycles. The standard InChI is InChI=1S/C15H10ClNO/c16-15(18)12-7-3-2-6-11(12)14-9-10-5-1-4-8-13(10)17-14/h1-9,17H. The lowest BCUT2D eigenvalue weighted by Gasteiger charge is -2.02. The van der Waals surface area contributed by atoms with Crippen molar-refractivity contribution in [2.24, 2.45) is 0 Å². The summed E-state index contributed by atoms with van der Waals surface area (Å²) in [4.78, 5) is 14.7. The molecule has 0 bridgehead atoms. The van der Waals surface area contributed by atoms with Gasteiger partial charge in [0, 0.05) is 27.7 Å². The predicted molar refractivity (Wildman–Crippen MR) is 73.9 cm³/mol. The van der Waals surface area contributed by atoms with Crippen molar-refractivity contribution >= 4 is 27.7 Å². The molecule has 2 aromatic carbocycles. The molecule has 1 aromatic heterocycles. The van der Waals surface area contributed by atoms with E-state index < -0.39 is 5.24 Å². The van der Waals surface area contributed by atoms with Gasteiger partial charge in [-0.05, 0) is 29.8 Å². The van der Waals surface area contributed by atoms with Gasteiger partial charge in [-0.1, -0.05) is 36.4 Å². The van der Waals surface area contributed by atoms with Crippen LogP contribution >= 0.6 is 11.6 Å². The van der Waals surface area contributed by atoms with Gasteiger partial charge in [-0.2, -0.15) is 0 Å². The number of nitrogens with one attached hydrogen (secondary N) is 1. The van der Waals surface area contributed by atoms with E-state index in [4.69, 9.17) is 11.6 Å². The Morgan fingerprint density at radius 1 is 1.00 bits per heavy atom. The van der Waals surface area contributed by atoms with Crippen LogP contribution in [0.5, 0.6) is 0 Å². The summed E-state index contributed by atoms with van der Waals surface area (Å²) in [5, 5.41) is 0.675. The largest absolute Gasteiger partial charge is 0.355 e. The number of aromatic nitrogens is 1. The summed E-state index contributed by atoms with van der Waals surface area (Å²) in [6.45, 7) is 0. The van der Waals surface area contributed by atoms with Crippen molar-refractivity contribution in [1.82, 2.24) is 4.98 Å². The molecule has 3 aromatic rings. The summed E-state index contributed by atoms with van der Waals surface area (Å²) in [5.41, 5.74) is 3.30. The molecule has 0 aliphatic rings. The van der Waals surface area contributed by atoms with Gasteiger partial charge >= 0.3 is 0 Å². The summed E-state index contributed by atoms with van der Waals surface area (Å²) in [6, 6.07) is 17.3. The van der Waals surface area contributed by atoms with E-state index in [1.807, 2.05) is 48.5 Å². The number of hydrogen-bond acceptors (Lipinski definition) is 1. The molecule has 0 saturated carbocycles. The van der Waals surface area contributed by atoms with E-state index in [0.29, 0.717) is 5.56 Å². The van der Waals surface area contributed by atoms with E-state index >= 15 is 0 Å². The number of para-hydroxylation sites is 1. The fourth-order valence-electron chi connectivity index (χ4n) is 2.11. The van der Waals surface area contributed by atoms with Gasteiger partial charge in [-0.15, -0.1) is 0 Å². The van der Waals surface area contributed by atoms with Crippen LogP contribution in [0.1, 0.15) is 10.4 Å². The lowest BCUT2D eigenvalue weighted by atomic mass is 10.1. The number of rotatable bonds is 2. The minimum absolute atomic E-state index is 0.441. The normalized spacial score (nSPS) is 10.7. The Kier molecular flexibility index (Phi) is 2.65. The number of carbonyl (C=O) groups excluding carboxylic acids is 1. The van der Waals surface area contributed by atoms with E-state index in [1.165, 1.54) is 0 Å². The van der Waals surface area contributed by atoms with E-state index in [2.05, 4.69) is 4.98 Å². The van der Waals surface area contributed by atoms with Crippen molar-refractivity contribution < 1.29 is 4.79 Å². The van der Waals surface area contributed by atoms with Crippen molar-refractivity contribution in [2.75, 3.05) is 0 Å². The van der Waals surface area contributed by atoms with Gasteiger partial charge in [0.25, 0.3) is 5.24 Å². The third-order valence-electron chi connectivity index (χ3n) is 2.96. The molecule has 0 saturated heterocycles. The Morgan fingerprint density at radius 3 is 2.50 bits per heavy atom. The highest BCUT2D eigenvalue weighted by atomic mass is 35.5. The first-order valence-corrected chi connectivity index (χ1v) is 6.00. The molecule has 0 fully saturated rings.